The number of unbranched alkanes of at least 4 members (excludes halogenated alkanes) is 5. The van der Waals surface area contributed by atoms with Crippen molar-refractivity contribution in [2.24, 2.45) is 0 Å². The number of nitrogens with one attached hydrogen (secondary N) is 1. The van der Waals surface area contributed by atoms with Gasteiger partial charge in [0.1, 0.15) is 17.4 Å². The summed E-state index contributed by atoms with van der Waals surface area (Å²) in [5.41, 5.74) is 0.388. The smallest absolute Gasteiger partial charge is 0.271 e. The summed E-state index contributed by atoms with van der Waals surface area (Å²) < 4.78 is 5.86. The first-order valence-electron chi connectivity index (χ1n) is 10.5. The highest BCUT2D eigenvalue weighted by Crippen LogP contribution is 2.26. The van der Waals surface area contributed by atoms with Gasteiger partial charge in [-0.05, 0) is 36.8 Å². The lowest BCUT2D eigenvalue weighted by Crippen LogP contribution is -2.13. The Labute approximate surface area is 192 Å². The molecule has 0 spiro atoms. The van der Waals surface area contributed by atoms with E-state index in [0.29, 0.717) is 22.9 Å². The van der Waals surface area contributed by atoms with Gasteiger partial charge in [-0.1, -0.05) is 56.7 Å². The van der Waals surface area contributed by atoms with Crippen molar-refractivity contribution < 1.29 is 14.5 Å². The number of nitrogens with zero attached hydrogens (tertiary/aromatic N) is 2. The summed E-state index contributed by atoms with van der Waals surface area (Å²) in [7, 11) is 0. The lowest BCUT2D eigenvalue weighted by molar-refractivity contribution is -0.384. The van der Waals surface area contributed by atoms with E-state index in [0.717, 1.165) is 12.8 Å². The first-order chi connectivity index (χ1) is 15.4. The molecule has 8 heteroatoms. The maximum Gasteiger partial charge on any atom is 0.271 e. The van der Waals surface area contributed by atoms with Crippen molar-refractivity contribution in [1.82, 2.24) is 0 Å². The Hall–Kier alpha value is -3.37. The monoisotopic (exact) mass is 455 g/mol. The number of rotatable bonds is 12. The molecule has 7 nitrogen and oxygen atoms in total. The third-order valence-corrected chi connectivity index (χ3v) is 4.94. The molecule has 2 aromatic rings. The Balaban J connectivity index is 2.09. The molecule has 2 aromatic carbocycles. The molecule has 0 aromatic heterocycles. The predicted octanol–water partition coefficient (Wildman–Crippen LogP) is 6.53. The van der Waals surface area contributed by atoms with Crippen LogP contribution >= 0.6 is 11.6 Å². The van der Waals surface area contributed by atoms with E-state index >= 15 is 0 Å². The molecule has 0 saturated heterocycles. The van der Waals surface area contributed by atoms with Gasteiger partial charge in [0.2, 0.25) is 0 Å². The van der Waals surface area contributed by atoms with Crippen LogP contribution in [0.25, 0.3) is 6.08 Å². The second kappa shape index (κ2) is 13.1. The molecular formula is C24H26ClN3O4. The van der Waals surface area contributed by atoms with Crippen LogP contribution in [0, 0.1) is 21.4 Å². The number of halogens is 1. The zero-order chi connectivity index (χ0) is 23.3. The normalized spacial score (nSPS) is 11.0. The topological polar surface area (TPSA) is 105 Å². The fourth-order valence-corrected chi connectivity index (χ4v) is 3.21. The van der Waals surface area contributed by atoms with Gasteiger partial charge in [0.15, 0.2) is 0 Å². The van der Waals surface area contributed by atoms with Crippen molar-refractivity contribution >= 4 is 35.0 Å². The number of nitro groups is 1. The van der Waals surface area contributed by atoms with E-state index in [4.69, 9.17) is 16.3 Å². The maximum absolute atomic E-state index is 12.6. The third-order valence-electron chi connectivity index (χ3n) is 4.71. The van der Waals surface area contributed by atoms with Gasteiger partial charge in [-0.25, -0.2) is 0 Å². The van der Waals surface area contributed by atoms with Crippen LogP contribution < -0.4 is 10.1 Å². The highest BCUT2D eigenvalue weighted by molar-refractivity contribution is 6.30. The molecule has 0 fully saturated rings. The number of hydrogen-bond donors (Lipinski definition) is 1. The van der Waals surface area contributed by atoms with E-state index < -0.39 is 10.8 Å². The standard InChI is InChI=1S/C24H26ClN3O4/c1-2-3-4-5-6-7-13-32-23-12-11-20(25)15-18(23)14-19(17-26)24(29)27-21-9-8-10-22(16-21)28(30)31/h8-12,14-16H,2-7,13H2,1H3,(H,27,29)/b19-14-. The van der Waals surface area contributed by atoms with Crippen LogP contribution in [-0.4, -0.2) is 17.4 Å². The SMILES string of the molecule is CCCCCCCCOc1ccc(Cl)cc1/C=C(/C#N)C(=O)Nc1cccc([N+](=O)[O-])c1. The van der Waals surface area contributed by atoms with Gasteiger partial charge in [-0.2, -0.15) is 5.26 Å². The van der Waals surface area contributed by atoms with Gasteiger partial charge in [0.05, 0.1) is 11.5 Å². The van der Waals surface area contributed by atoms with E-state index in [1.807, 2.05) is 6.07 Å². The Kier molecular flexibility index (Phi) is 10.2. The average molecular weight is 456 g/mol. The number of anilines is 1. The second-order valence-electron chi connectivity index (χ2n) is 7.23. The van der Waals surface area contributed by atoms with Crippen molar-refractivity contribution in [2.45, 2.75) is 45.4 Å². The van der Waals surface area contributed by atoms with Crippen molar-refractivity contribution in [2.75, 3.05) is 11.9 Å². The number of amides is 1. The van der Waals surface area contributed by atoms with E-state index in [2.05, 4.69) is 12.2 Å². The van der Waals surface area contributed by atoms with Gasteiger partial charge < -0.3 is 10.1 Å². The van der Waals surface area contributed by atoms with E-state index in [1.165, 1.54) is 56.0 Å². The highest BCUT2D eigenvalue weighted by Gasteiger charge is 2.14. The number of carbonyl (C=O) groups excluding carboxylic acids is 1. The molecule has 32 heavy (non-hydrogen) atoms. The first kappa shape index (κ1) is 24.9. The van der Waals surface area contributed by atoms with Crippen molar-refractivity contribution in [3.8, 4) is 11.8 Å². The molecule has 0 radical (unpaired) electrons. The van der Waals surface area contributed by atoms with Gasteiger partial charge in [-0.15, -0.1) is 0 Å². The first-order valence-corrected chi connectivity index (χ1v) is 10.9. The van der Waals surface area contributed by atoms with Crippen molar-refractivity contribution in [3.05, 3.63) is 68.7 Å². The molecule has 2 rings (SSSR count). The van der Waals surface area contributed by atoms with Crippen LogP contribution in [0.15, 0.2) is 48.0 Å². The van der Waals surface area contributed by atoms with Crippen LogP contribution in [-0.2, 0) is 4.79 Å². The molecule has 0 aliphatic carbocycles. The summed E-state index contributed by atoms with van der Waals surface area (Å²) in [6.07, 6.45) is 8.21. The number of hydrogen-bond acceptors (Lipinski definition) is 5. The van der Waals surface area contributed by atoms with Gasteiger partial charge >= 0.3 is 0 Å². The largest absolute Gasteiger partial charge is 0.493 e. The number of nitriles is 1. The molecule has 168 valence electrons. The molecule has 1 N–H and O–H groups in total. The summed E-state index contributed by atoms with van der Waals surface area (Å²) in [4.78, 5) is 22.9. The van der Waals surface area contributed by atoms with Gasteiger partial charge in [0.25, 0.3) is 11.6 Å². The van der Waals surface area contributed by atoms with Crippen LogP contribution in [0.1, 0.15) is 51.0 Å². The van der Waals surface area contributed by atoms with Gasteiger partial charge in [-0.3, -0.25) is 14.9 Å². The molecule has 0 bridgehead atoms. The summed E-state index contributed by atoms with van der Waals surface area (Å²) >= 11 is 6.10. The summed E-state index contributed by atoms with van der Waals surface area (Å²) in [5, 5.41) is 23.4. The Morgan fingerprint density at radius 1 is 1.19 bits per heavy atom. The summed E-state index contributed by atoms with van der Waals surface area (Å²) in [6, 6.07) is 12.4. The number of benzene rings is 2. The summed E-state index contributed by atoms with van der Waals surface area (Å²) in [6.45, 7) is 2.70. The lowest BCUT2D eigenvalue weighted by Gasteiger charge is -2.10. The zero-order valence-corrected chi connectivity index (χ0v) is 18.7. The Morgan fingerprint density at radius 2 is 1.94 bits per heavy atom. The number of nitro benzene ring substituents is 1. The zero-order valence-electron chi connectivity index (χ0n) is 18.0. The van der Waals surface area contributed by atoms with Crippen LogP contribution in [0.5, 0.6) is 5.75 Å². The molecule has 0 heterocycles. The molecule has 1 amide bonds. The van der Waals surface area contributed by atoms with Crippen molar-refractivity contribution in [1.29, 1.82) is 5.26 Å². The second-order valence-corrected chi connectivity index (χ2v) is 7.67. The fraction of sp³-hybridized carbons (Fsp3) is 0.333. The van der Waals surface area contributed by atoms with Crippen LogP contribution in [0.2, 0.25) is 5.02 Å². The Bertz CT molecular complexity index is 1010. The van der Waals surface area contributed by atoms with Crippen LogP contribution in [0.4, 0.5) is 11.4 Å². The molecular weight excluding hydrogens is 430 g/mol. The molecule has 0 aliphatic heterocycles. The lowest BCUT2D eigenvalue weighted by atomic mass is 10.1. The van der Waals surface area contributed by atoms with E-state index in [-0.39, 0.29) is 16.9 Å². The van der Waals surface area contributed by atoms with Crippen molar-refractivity contribution in [3.63, 3.8) is 0 Å². The predicted molar refractivity (Wildman–Crippen MR) is 126 cm³/mol. The number of non-ortho nitro benzene ring substituents is 1. The molecule has 0 unspecified atom stereocenters. The molecule has 0 aliphatic rings. The Morgan fingerprint density at radius 3 is 2.66 bits per heavy atom. The minimum absolute atomic E-state index is 0.162. The van der Waals surface area contributed by atoms with Crippen LogP contribution in [0.3, 0.4) is 0 Å². The van der Waals surface area contributed by atoms with E-state index in [1.54, 1.807) is 18.2 Å². The van der Waals surface area contributed by atoms with Gasteiger partial charge in [0, 0.05) is 28.4 Å². The average Bonchev–Trinajstić information content (AvgIpc) is 2.78. The molecule has 0 saturated carbocycles. The summed E-state index contributed by atoms with van der Waals surface area (Å²) in [5.74, 6) is -0.159. The quantitative estimate of drug-likeness (QED) is 0.129. The highest BCUT2D eigenvalue weighted by atomic mass is 35.5. The fourth-order valence-electron chi connectivity index (χ4n) is 3.03. The third kappa shape index (κ3) is 8.05. The maximum atomic E-state index is 12.6. The minimum atomic E-state index is -0.685. The number of carbonyl (C=O) groups is 1. The molecule has 0 atom stereocenters. The van der Waals surface area contributed by atoms with E-state index in [9.17, 15) is 20.2 Å². The minimum Gasteiger partial charge on any atom is -0.493 e. The number of ether oxygens (including phenoxy) is 1.